The van der Waals surface area contributed by atoms with Crippen molar-refractivity contribution in [3.05, 3.63) is 52.6 Å². The Morgan fingerprint density at radius 3 is 2.58 bits per heavy atom. The molecule has 3 rings (SSSR count). The van der Waals surface area contributed by atoms with Crippen LogP contribution in [0.15, 0.2) is 36.4 Å². The van der Waals surface area contributed by atoms with Crippen LogP contribution in [0.4, 0.5) is 0 Å². The number of nitrogens with zero attached hydrogens (tertiary/aromatic N) is 1. The maximum absolute atomic E-state index is 13.0. The number of rotatable bonds is 8. The van der Waals surface area contributed by atoms with E-state index in [0.29, 0.717) is 29.7 Å². The Hall–Kier alpha value is -2.86. The van der Waals surface area contributed by atoms with E-state index in [2.05, 4.69) is 0 Å². The zero-order valence-corrected chi connectivity index (χ0v) is 19.1. The number of ether oxygens (including phenoxy) is 4. The molecular weight excluding hydrogens is 418 g/mol. The molecule has 0 saturated carbocycles. The minimum Gasteiger partial charge on any atom is -0.497 e. The lowest BCUT2D eigenvalue weighted by molar-refractivity contribution is -0.126. The summed E-state index contributed by atoms with van der Waals surface area (Å²) in [6.07, 6.45) is 5.12. The number of amides is 1. The quantitative estimate of drug-likeness (QED) is 0.526. The number of carbonyl (C=O) groups excluding carboxylic acids is 1. The molecule has 2 aromatic carbocycles. The maximum Gasteiger partial charge on any atom is 0.247 e. The summed E-state index contributed by atoms with van der Waals surface area (Å²) in [7, 11) is 4.80. The molecule has 1 atom stereocenters. The Labute approximate surface area is 188 Å². The summed E-state index contributed by atoms with van der Waals surface area (Å²) >= 11 is 6.34. The fourth-order valence-corrected chi connectivity index (χ4v) is 4.10. The summed E-state index contributed by atoms with van der Waals surface area (Å²) in [5.74, 6) is 2.41. The average Bonchev–Trinajstić information content (AvgIpc) is 3.28. The lowest BCUT2D eigenvalue weighted by Crippen LogP contribution is -2.29. The minimum absolute atomic E-state index is 0.0449. The maximum atomic E-state index is 13.0. The summed E-state index contributed by atoms with van der Waals surface area (Å²) in [4.78, 5) is 14.9. The number of methoxy groups -OCH3 is 3. The van der Waals surface area contributed by atoms with E-state index in [4.69, 9.17) is 30.5 Å². The van der Waals surface area contributed by atoms with Gasteiger partial charge in [-0.3, -0.25) is 4.79 Å². The molecule has 7 heteroatoms. The first kappa shape index (κ1) is 22.8. The van der Waals surface area contributed by atoms with Crippen LogP contribution < -0.4 is 18.9 Å². The van der Waals surface area contributed by atoms with Gasteiger partial charge in [0.05, 0.1) is 39.0 Å². The molecule has 0 bridgehead atoms. The lowest BCUT2D eigenvalue weighted by Gasteiger charge is -2.25. The predicted octanol–water partition coefficient (Wildman–Crippen LogP) is 5.14. The summed E-state index contributed by atoms with van der Waals surface area (Å²) in [6.45, 7) is 3.05. The molecule has 1 unspecified atom stereocenters. The van der Waals surface area contributed by atoms with Crippen molar-refractivity contribution in [1.29, 1.82) is 0 Å². The van der Waals surface area contributed by atoms with Crippen molar-refractivity contribution in [2.24, 2.45) is 0 Å². The predicted molar refractivity (Wildman–Crippen MR) is 121 cm³/mol. The molecule has 166 valence electrons. The number of benzene rings is 2. The second-order valence-electron chi connectivity index (χ2n) is 7.10. The van der Waals surface area contributed by atoms with E-state index in [1.807, 2.05) is 30.0 Å². The summed E-state index contributed by atoms with van der Waals surface area (Å²) in [6, 6.07) is 9.22. The standard InChI is InChI=1S/C24H28ClNO5/c1-5-31-24-19(25)13-16(14-22(24)30-4)8-11-23(27)26-12-6-7-20(26)18-10-9-17(28-2)15-21(18)29-3/h8-11,13-15,20H,5-7,12H2,1-4H3/b11-8+. The van der Waals surface area contributed by atoms with E-state index < -0.39 is 0 Å². The molecule has 2 aromatic rings. The highest BCUT2D eigenvalue weighted by Gasteiger charge is 2.31. The van der Waals surface area contributed by atoms with Crippen LogP contribution in [0.25, 0.3) is 6.08 Å². The molecule has 0 N–H and O–H groups in total. The van der Waals surface area contributed by atoms with Crippen LogP contribution in [-0.2, 0) is 4.79 Å². The van der Waals surface area contributed by atoms with E-state index in [0.717, 1.165) is 35.5 Å². The van der Waals surface area contributed by atoms with Gasteiger partial charge in [-0.2, -0.15) is 0 Å². The van der Waals surface area contributed by atoms with Crippen LogP contribution in [-0.4, -0.2) is 45.3 Å². The van der Waals surface area contributed by atoms with Crippen molar-refractivity contribution >= 4 is 23.6 Å². The van der Waals surface area contributed by atoms with Gasteiger partial charge in [-0.25, -0.2) is 0 Å². The molecule has 1 fully saturated rings. The van der Waals surface area contributed by atoms with Gasteiger partial charge in [0, 0.05) is 24.3 Å². The molecule has 31 heavy (non-hydrogen) atoms. The molecule has 6 nitrogen and oxygen atoms in total. The molecule has 1 aliphatic heterocycles. The molecular formula is C24H28ClNO5. The highest BCUT2D eigenvalue weighted by Crippen LogP contribution is 2.39. The zero-order chi connectivity index (χ0) is 22.4. The summed E-state index contributed by atoms with van der Waals surface area (Å²) < 4.78 is 21.8. The smallest absolute Gasteiger partial charge is 0.247 e. The van der Waals surface area contributed by atoms with Gasteiger partial charge in [0.2, 0.25) is 5.91 Å². The van der Waals surface area contributed by atoms with Gasteiger partial charge >= 0.3 is 0 Å². The topological polar surface area (TPSA) is 57.2 Å². The third kappa shape index (κ3) is 5.07. The van der Waals surface area contributed by atoms with E-state index in [-0.39, 0.29) is 11.9 Å². The van der Waals surface area contributed by atoms with Crippen molar-refractivity contribution in [3.8, 4) is 23.0 Å². The average molecular weight is 446 g/mol. The van der Waals surface area contributed by atoms with E-state index in [1.54, 1.807) is 45.6 Å². The van der Waals surface area contributed by atoms with Gasteiger partial charge in [-0.15, -0.1) is 0 Å². The number of halogens is 1. The number of carbonyl (C=O) groups is 1. The lowest BCUT2D eigenvalue weighted by atomic mass is 10.0. The Morgan fingerprint density at radius 2 is 1.90 bits per heavy atom. The van der Waals surface area contributed by atoms with Gasteiger partial charge in [0.1, 0.15) is 11.5 Å². The summed E-state index contributed by atoms with van der Waals surface area (Å²) in [5.41, 5.74) is 1.74. The van der Waals surface area contributed by atoms with Crippen LogP contribution in [0, 0.1) is 0 Å². The molecule has 1 aliphatic rings. The third-order valence-electron chi connectivity index (χ3n) is 5.29. The van der Waals surface area contributed by atoms with Gasteiger partial charge in [0.25, 0.3) is 0 Å². The van der Waals surface area contributed by atoms with Gasteiger partial charge in [-0.1, -0.05) is 11.6 Å². The van der Waals surface area contributed by atoms with Gasteiger partial charge < -0.3 is 23.8 Å². The Bertz CT molecular complexity index is 959. The van der Waals surface area contributed by atoms with Crippen LogP contribution >= 0.6 is 11.6 Å². The van der Waals surface area contributed by atoms with Crippen molar-refractivity contribution < 1.29 is 23.7 Å². The summed E-state index contributed by atoms with van der Waals surface area (Å²) in [5, 5.41) is 0.440. The minimum atomic E-state index is -0.0654. The molecule has 0 radical (unpaired) electrons. The Morgan fingerprint density at radius 1 is 1.13 bits per heavy atom. The fourth-order valence-electron chi connectivity index (χ4n) is 3.83. The number of hydrogen-bond acceptors (Lipinski definition) is 5. The van der Waals surface area contributed by atoms with Crippen molar-refractivity contribution in [2.75, 3.05) is 34.5 Å². The molecule has 0 aromatic heterocycles. The zero-order valence-electron chi connectivity index (χ0n) is 18.3. The van der Waals surface area contributed by atoms with E-state index >= 15 is 0 Å². The molecule has 0 aliphatic carbocycles. The monoisotopic (exact) mass is 445 g/mol. The first-order valence-electron chi connectivity index (χ1n) is 10.2. The third-order valence-corrected chi connectivity index (χ3v) is 5.58. The number of hydrogen-bond donors (Lipinski definition) is 0. The fraction of sp³-hybridized carbons (Fsp3) is 0.375. The second-order valence-corrected chi connectivity index (χ2v) is 7.51. The Kier molecular flexibility index (Phi) is 7.69. The van der Waals surface area contributed by atoms with Crippen molar-refractivity contribution in [2.45, 2.75) is 25.8 Å². The molecule has 0 spiro atoms. The second kappa shape index (κ2) is 10.4. The van der Waals surface area contributed by atoms with Crippen LogP contribution in [0.5, 0.6) is 23.0 Å². The van der Waals surface area contributed by atoms with Crippen molar-refractivity contribution in [3.63, 3.8) is 0 Å². The van der Waals surface area contributed by atoms with Crippen LogP contribution in [0.1, 0.15) is 36.9 Å². The van der Waals surface area contributed by atoms with Crippen LogP contribution in [0.2, 0.25) is 5.02 Å². The van der Waals surface area contributed by atoms with Gasteiger partial charge in [0.15, 0.2) is 11.5 Å². The SMILES string of the molecule is CCOc1c(Cl)cc(/C=C/C(=O)N2CCCC2c2ccc(OC)cc2OC)cc1OC. The number of likely N-dealkylation sites (tertiary alicyclic amines) is 1. The van der Waals surface area contributed by atoms with E-state index in [9.17, 15) is 4.79 Å². The highest BCUT2D eigenvalue weighted by atomic mass is 35.5. The highest BCUT2D eigenvalue weighted by molar-refractivity contribution is 6.32. The first-order valence-corrected chi connectivity index (χ1v) is 10.6. The van der Waals surface area contributed by atoms with Crippen molar-refractivity contribution in [1.82, 2.24) is 4.90 Å². The molecule has 1 amide bonds. The Balaban J connectivity index is 1.81. The largest absolute Gasteiger partial charge is 0.497 e. The van der Waals surface area contributed by atoms with Crippen LogP contribution in [0.3, 0.4) is 0 Å². The first-order chi connectivity index (χ1) is 15.0. The van der Waals surface area contributed by atoms with Gasteiger partial charge in [-0.05, 0) is 55.7 Å². The molecule has 1 saturated heterocycles. The molecule has 1 heterocycles. The normalized spacial score (nSPS) is 15.9. The van der Waals surface area contributed by atoms with E-state index in [1.165, 1.54) is 0 Å².